The number of hydrogen-bond acceptors (Lipinski definition) is 2. The average Bonchev–Trinajstić information content (AvgIpc) is 3.04. The largest absolute Gasteiger partial charge is 0.461 e. The molecule has 1 aromatic heterocycles. The Morgan fingerprint density at radius 3 is 2.88 bits per heavy atom. The van der Waals surface area contributed by atoms with E-state index in [0.29, 0.717) is 11.4 Å². The summed E-state index contributed by atoms with van der Waals surface area (Å²) in [6.07, 6.45) is 4.77. The molecule has 2 nitrogen and oxygen atoms in total. The molecule has 0 unspecified atom stereocenters. The van der Waals surface area contributed by atoms with Crippen LogP contribution in [0.1, 0.15) is 18.4 Å². The minimum Gasteiger partial charge on any atom is -0.461 e. The van der Waals surface area contributed by atoms with Crippen molar-refractivity contribution in [2.24, 2.45) is 0 Å². The monoisotopic (exact) mass is 237 g/mol. The lowest BCUT2D eigenvalue weighted by atomic mass is 10.1. The van der Waals surface area contributed by atoms with Crippen LogP contribution >= 0.6 is 0 Å². The lowest BCUT2D eigenvalue weighted by Gasteiger charge is -2.01. The number of nitrogens with one attached hydrogen (secondary N) is 1. The number of halogens is 2. The van der Waals surface area contributed by atoms with Crippen molar-refractivity contribution in [3.8, 4) is 0 Å². The third kappa shape index (κ3) is 2.05. The molecule has 1 aliphatic rings. The van der Waals surface area contributed by atoms with Crippen LogP contribution in [-0.4, -0.2) is 12.6 Å². The third-order valence-corrected chi connectivity index (χ3v) is 3.12. The van der Waals surface area contributed by atoms with E-state index >= 15 is 0 Å². The Kier molecular flexibility index (Phi) is 2.59. The molecule has 4 heteroatoms. The van der Waals surface area contributed by atoms with Crippen LogP contribution in [0.4, 0.5) is 8.78 Å². The second kappa shape index (κ2) is 4.11. The molecule has 0 atom stereocenters. The van der Waals surface area contributed by atoms with Crippen molar-refractivity contribution in [1.82, 2.24) is 5.32 Å². The van der Waals surface area contributed by atoms with Gasteiger partial charge in [-0.1, -0.05) is 0 Å². The van der Waals surface area contributed by atoms with Crippen LogP contribution in [0.5, 0.6) is 0 Å². The Morgan fingerprint density at radius 2 is 2.12 bits per heavy atom. The molecule has 90 valence electrons. The highest BCUT2D eigenvalue weighted by Gasteiger charge is 2.20. The zero-order valence-corrected chi connectivity index (χ0v) is 9.30. The maximum absolute atomic E-state index is 13.4. The second-order valence-electron chi connectivity index (χ2n) is 4.48. The van der Waals surface area contributed by atoms with Gasteiger partial charge in [-0.25, -0.2) is 4.39 Å². The first kappa shape index (κ1) is 10.7. The van der Waals surface area contributed by atoms with Gasteiger partial charge in [0.2, 0.25) is 5.82 Å². The highest BCUT2D eigenvalue weighted by atomic mass is 19.2. The number of fused-ring (bicyclic) bond motifs is 1. The highest BCUT2D eigenvalue weighted by Crippen LogP contribution is 2.26. The van der Waals surface area contributed by atoms with Gasteiger partial charge in [-0.2, -0.15) is 4.39 Å². The van der Waals surface area contributed by atoms with Crippen LogP contribution in [0, 0.1) is 11.6 Å². The van der Waals surface area contributed by atoms with Gasteiger partial charge in [0.1, 0.15) is 0 Å². The third-order valence-electron chi connectivity index (χ3n) is 3.12. The van der Waals surface area contributed by atoms with Crippen molar-refractivity contribution >= 4 is 11.0 Å². The Balaban J connectivity index is 1.81. The molecule has 1 N–H and O–H groups in total. The van der Waals surface area contributed by atoms with E-state index in [4.69, 9.17) is 4.42 Å². The second-order valence-corrected chi connectivity index (χ2v) is 4.48. The predicted octanol–water partition coefficient (Wildman–Crippen LogP) is 3.01. The summed E-state index contributed by atoms with van der Waals surface area (Å²) in [5, 5.41) is 4.04. The molecule has 0 aliphatic heterocycles. The highest BCUT2D eigenvalue weighted by molar-refractivity contribution is 5.81. The molecule has 2 aromatic rings. The van der Waals surface area contributed by atoms with E-state index in [1.165, 1.54) is 19.1 Å². The molecule has 1 saturated carbocycles. The van der Waals surface area contributed by atoms with Crippen LogP contribution in [0.3, 0.4) is 0 Å². The summed E-state index contributed by atoms with van der Waals surface area (Å²) in [4.78, 5) is 0. The van der Waals surface area contributed by atoms with Gasteiger partial charge in [0.25, 0.3) is 0 Å². The van der Waals surface area contributed by atoms with Gasteiger partial charge >= 0.3 is 0 Å². The maximum atomic E-state index is 13.4. The van der Waals surface area contributed by atoms with Crippen LogP contribution in [-0.2, 0) is 6.42 Å². The van der Waals surface area contributed by atoms with E-state index in [-0.39, 0.29) is 5.58 Å². The van der Waals surface area contributed by atoms with Crippen LogP contribution < -0.4 is 5.32 Å². The fourth-order valence-electron chi connectivity index (χ4n) is 1.99. The lowest BCUT2D eigenvalue weighted by Crippen LogP contribution is -2.19. The van der Waals surface area contributed by atoms with Crippen molar-refractivity contribution in [3.63, 3.8) is 0 Å². The van der Waals surface area contributed by atoms with Crippen LogP contribution in [0.15, 0.2) is 22.8 Å². The first-order chi connectivity index (χ1) is 8.25. The topological polar surface area (TPSA) is 25.2 Å². The van der Waals surface area contributed by atoms with E-state index in [1.807, 2.05) is 0 Å². The van der Waals surface area contributed by atoms with E-state index in [1.54, 1.807) is 6.07 Å². The fourth-order valence-corrected chi connectivity index (χ4v) is 1.99. The summed E-state index contributed by atoms with van der Waals surface area (Å²) >= 11 is 0. The zero-order chi connectivity index (χ0) is 11.8. The minimum absolute atomic E-state index is 0.0198. The number of rotatable bonds is 4. The van der Waals surface area contributed by atoms with Crippen molar-refractivity contribution in [2.75, 3.05) is 6.54 Å². The molecule has 0 radical (unpaired) electrons. The molecular weight excluding hydrogens is 224 g/mol. The van der Waals surface area contributed by atoms with E-state index in [0.717, 1.165) is 24.6 Å². The van der Waals surface area contributed by atoms with Gasteiger partial charge in [-0.3, -0.25) is 0 Å². The normalized spacial score (nSPS) is 15.6. The Bertz CT molecular complexity index is 546. The Hall–Kier alpha value is -1.42. The molecule has 17 heavy (non-hydrogen) atoms. The van der Waals surface area contributed by atoms with E-state index in [2.05, 4.69) is 5.32 Å². The molecule has 0 amide bonds. The van der Waals surface area contributed by atoms with Crippen molar-refractivity contribution in [2.45, 2.75) is 25.3 Å². The smallest absolute Gasteiger partial charge is 0.201 e. The van der Waals surface area contributed by atoms with Crippen molar-refractivity contribution < 1.29 is 13.2 Å². The molecule has 1 aliphatic carbocycles. The average molecular weight is 237 g/mol. The molecule has 1 fully saturated rings. The Labute approximate surface area is 97.6 Å². The molecule has 0 spiro atoms. The summed E-state index contributed by atoms with van der Waals surface area (Å²) in [6, 6.07) is 3.37. The summed E-state index contributed by atoms with van der Waals surface area (Å²) in [6.45, 7) is 0.846. The SMILES string of the molecule is Fc1ccc2c(CCNC3CC3)coc2c1F. The summed E-state index contributed by atoms with van der Waals surface area (Å²) in [5.41, 5.74) is 0.943. The number of furan rings is 1. The van der Waals surface area contributed by atoms with Gasteiger partial charge in [-0.05, 0) is 43.5 Å². The number of hydrogen-bond donors (Lipinski definition) is 1. The molecular formula is C13H13F2NO. The van der Waals surface area contributed by atoms with Gasteiger partial charge in [-0.15, -0.1) is 0 Å². The molecule has 0 saturated heterocycles. The van der Waals surface area contributed by atoms with Gasteiger partial charge in [0.05, 0.1) is 6.26 Å². The maximum Gasteiger partial charge on any atom is 0.201 e. The summed E-state index contributed by atoms with van der Waals surface area (Å²) < 4.78 is 31.5. The first-order valence-electron chi connectivity index (χ1n) is 5.83. The number of benzene rings is 1. The van der Waals surface area contributed by atoms with Crippen LogP contribution in [0.2, 0.25) is 0 Å². The molecule has 1 heterocycles. The standard InChI is InChI=1S/C13H13F2NO/c14-11-4-3-10-8(5-6-16-9-1-2-9)7-17-13(10)12(11)15/h3-4,7,9,16H,1-2,5-6H2. The van der Waals surface area contributed by atoms with Gasteiger partial charge < -0.3 is 9.73 Å². The van der Waals surface area contributed by atoms with Gasteiger partial charge in [0.15, 0.2) is 11.4 Å². The molecule has 1 aromatic carbocycles. The van der Waals surface area contributed by atoms with Crippen molar-refractivity contribution in [3.05, 3.63) is 35.6 Å². The zero-order valence-electron chi connectivity index (χ0n) is 9.30. The minimum atomic E-state index is -0.899. The lowest BCUT2D eigenvalue weighted by molar-refractivity contribution is 0.491. The van der Waals surface area contributed by atoms with Crippen LogP contribution in [0.25, 0.3) is 11.0 Å². The van der Waals surface area contributed by atoms with Gasteiger partial charge in [0, 0.05) is 11.4 Å². The van der Waals surface area contributed by atoms with Crippen molar-refractivity contribution in [1.29, 1.82) is 0 Å². The summed E-state index contributed by atoms with van der Waals surface area (Å²) in [5.74, 6) is -1.77. The molecule has 0 bridgehead atoms. The molecule has 3 rings (SSSR count). The first-order valence-corrected chi connectivity index (χ1v) is 5.83. The van der Waals surface area contributed by atoms with E-state index < -0.39 is 11.6 Å². The Morgan fingerprint density at radius 1 is 1.29 bits per heavy atom. The quantitative estimate of drug-likeness (QED) is 0.884. The van der Waals surface area contributed by atoms with E-state index in [9.17, 15) is 8.78 Å². The fraction of sp³-hybridized carbons (Fsp3) is 0.385. The summed E-state index contributed by atoms with van der Waals surface area (Å²) in [7, 11) is 0. The predicted molar refractivity (Wildman–Crippen MR) is 60.9 cm³/mol.